The van der Waals surface area contributed by atoms with Crippen LogP contribution in [0.1, 0.15) is 53.1 Å². The summed E-state index contributed by atoms with van der Waals surface area (Å²) >= 11 is 0. The van der Waals surface area contributed by atoms with Gasteiger partial charge in [-0.3, -0.25) is 5.01 Å². The van der Waals surface area contributed by atoms with Crippen molar-refractivity contribution in [2.45, 2.75) is 47.1 Å². The van der Waals surface area contributed by atoms with Gasteiger partial charge in [-0.25, -0.2) is 15.2 Å². The second-order valence-electron chi connectivity index (χ2n) is 7.42. The van der Waals surface area contributed by atoms with Crippen molar-refractivity contribution in [1.29, 1.82) is 10.5 Å². The van der Waals surface area contributed by atoms with Crippen LogP contribution in [-0.2, 0) is 4.74 Å². The molecule has 24 heavy (non-hydrogen) atoms. The summed E-state index contributed by atoms with van der Waals surface area (Å²) in [6, 6.07) is 5.09. The fourth-order valence-electron chi connectivity index (χ4n) is 1.74. The van der Waals surface area contributed by atoms with Crippen molar-refractivity contribution in [2.24, 2.45) is 5.41 Å². The number of hydrogen-bond acceptors (Lipinski definition) is 7. The molecule has 1 aromatic heterocycles. The number of hydrazine groups is 1. The largest absolute Gasteiger partial charge is 0.443 e. The molecule has 0 fully saturated rings. The minimum atomic E-state index is -0.654. The van der Waals surface area contributed by atoms with Crippen molar-refractivity contribution in [3.8, 4) is 12.1 Å². The quantitative estimate of drug-likeness (QED) is 0.846. The van der Waals surface area contributed by atoms with Crippen molar-refractivity contribution >= 4 is 11.9 Å². The first-order valence-electron chi connectivity index (χ1n) is 7.40. The van der Waals surface area contributed by atoms with E-state index in [2.05, 4.69) is 15.4 Å². The molecule has 0 spiro atoms. The Hall–Kier alpha value is -2.87. The van der Waals surface area contributed by atoms with E-state index >= 15 is 0 Å². The molecule has 0 saturated heterocycles. The monoisotopic (exact) mass is 330 g/mol. The Morgan fingerprint density at radius 2 is 1.83 bits per heavy atom. The number of nitrogens with one attached hydrogen (secondary N) is 1. The van der Waals surface area contributed by atoms with E-state index < -0.39 is 11.7 Å². The minimum Gasteiger partial charge on any atom is -0.443 e. The lowest BCUT2D eigenvalue weighted by Gasteiger charge is -2.31. The Morgan fingerprint density at radius 3 is 2.29 bits per heavy atom. The van der Waals surface area contributed by atoms with Crippen LogP contribution >= 0.6 is 0 Å². The van der Waals surface area contributed by atoms with Crippen LogP contribution in [0.2, 0.25) is 0 Å². The molecule has 128 valence electrons. The third-order valence-electron chi connectivity index (χ3n) is 2.46. The number of aromatic nitrogens is 2. The van der Waals surface area contributed by atoms with Gasteiger partial charge in [0.25, 0.3) is 0 Å². The molecule has 1 aromatic rings. The number of nitriles is 2. The zero-order valence-corrected chi connectivity index (χ0v) is 14.8. The van der Waals surface area contributed by atoms with Gasteiger partial charge >= 0.3 is 6.09 Å². The predicted octanol–water partition coefficient (Wildman–Crippen LogP) is 2.51. The molecular formula is C16H22N6O2. The molecule has 0 atom stereocenters. The van der Waals surface area contributed by atoms with Crippen molar-refractivity contribution in [1.82, 2.24) is 15.4 Å². The lowest BCUT2D eigenvalue weighted by atomic mass is 9.97. The Labute approximate surface area is 142 Å². The van der Waals surface area contributed by atoms with Crippen molar-refractivity contribution in [2.75, 3.05) is 11.6 Å². The number of nitrogens with zero attached hydrogens (tertiary/aromatic N) is 5. The molecular weight excluding hydrogens is 308 g/mol. The molecule has 0 aliphatic heterocycles. The summed E-state index contributed by atoms with van der Waals surface area (Å²) in [7, 11) is 0. The highest BCUT2D eigenvalue weighted by Crippen LogP contribution is 2.20. The van der Waals surface area contributed by atoms with Gasteiger partial charge in [-0.1, -0.05) is 20.8 Å². The summed E-state index contributed by atoms with van der Waals surface area (Å²) in [5.41, 5.74) is 1.81. The second-order valence-corrected chi connectivity index (χ2v) is 7.42. The van der Waals surface area contributed by atoms with Gasteiger partial charge in [0.15, 0.2) is 5.82 Å². The van der Waals surface area contributed by atoms with Gasteiger partial charge < -0.3 is 4.74 Å². The van der Waals surface area contributed by atoms with E-state index in [1.165, 1.54) is 11.1 Å². The molecule has 0 saturated carbocycles. The average molecular weight is 330 g/mol. The summed E-state index contributed by atoms with van der Waals surface area (Å²) in [4.78, 5) is 19.9. The van der Waals surface area contributed by atoms with Crippen LogP contribution in [0, 0.1) is 28.1 Å². The summed E-state index contributed by atoms with van der Waals surface area (Å²) < 4.78 is 5.25. The number of carbonyl (C=O) groups excluding carboxylic acids is 1. The highest BCUT2D eigenvalue weighted by molar-refractivity contribution is 5.70. The topological polar surface area (TPSA) is 115 Å². The maximum absolute atomic E-state index is 12.1. The number of amides is 1. The first-order chi connectivity index (χ1) is 10.9. The normalized spacial score (nSPS) is 11.2. The Balaban J connectivity index is 3.18. The van der Waals surface area contributed by atoms with Gasteiger partial charge in [0.05, 0.1) is 0 Å². The molecule has 8 heteroatoms. The summed E-state index contributed by atoms with van der Waals surface area (Å²) in [5.74, 6) is 0.104. The molecule has 0 aliphatic rings. The molecule has 8 nitrogen and oxygen atoms in total. The molecule has 1 amide bonds. The van der Waals surface area contributed by atoms with Crippen molar-refractivity contribution in [3.63, 3.8) is 0 Å². The van der Waals surface area contributed by atoms with Crippen LogP contribution in [0.15, 0.2) is 6.07 Å². The third kappa shape index (κ3) is 6.49. The van der Waals surface area contributed by atoms with E-state index in [4.69, 9.17) is 15.3 Å². The van der Waals surface area contributed by atoms with E-state index in [0.717, 1.165) is 0 Å². The molecule has 0 aromatic carbocycles. The van der Waals surface area contributed by atoms with E-state index in [1.807, 2.05) is 32.9 Å². The van der Waals surface area contributed by atoms with Gasteiger partial charge in [-0.05, 0) is 26.2 Å². The number of rotatable bonds is 3. The van der Waals surface area contributed by atoms with E-state index in [-0.39, 0.29) is 22.8 Å². The lowest BCUT2D eigenvalue weighted by Crippen LogP contribution is -2.48. The molecule has 1 heterocycles. The Morgan fingerprint density at radius 1 is 1.21 bits per heavy atom. The van der Waals surface area contributed by atoms with Crippen LogP contribution in [0.5, 0.6) is 0 Å². The fraction of sp³-hybridized carbons (Fsp3) is 0.562. The standard InChI is InChI=1S/C16H22N6O2/c1-15(2,3)10-22(21-14(23)24-16(4,5)6)13-7-11(8-17)19-12(9-18)20-13/h7H,10H2,1-6H3,(H,21,23). The predicted molar refractivity (Wildman–Crippen MR) is 87.6 cm³/mol. The minimum absolute atomic E-state index is 0.0430. The SMILES string of the molecule is CC(C)(C)CN(NC(=O)OC(C)(C)C)c1cc(C#N)nc(C#N)n1. The Bertz CT molecular complexity index is 656. The highest BCUT2D eigenvalue weighted by atomic mass is 16.6. The summed E-state index contributed by atoms with van der Waals surface area (Å²) in [5, 5.41) is 19.5. The van der Waals surface area contributed by atoms with E-state index in [9.17, 15) is 4.79 Å². The summed E-state index contributed by atoms with van der Waals surface area (Å²) in [6.45, 7) is 11.6. The highest BCUT2D eigenvalue weighted by Gasteiger charge is 2.24. The van der Waals surface area contributed by atoms with Crippen LogP contribution in [0.25, 0.3) is 0 Å². The maximum Gasteiger partial charge on any atom is 0.426 e. The van der Waals surface area contributed by atoms with Crippen LogP contribution in [0.3, 0.4) is 0 Å². The van der Waals surface area contributed by atoms with Crippen LogP contribution in [0.4, 0.5) is 10.6 Å². The Kier molecular flexibility index (Phi) is 5.70. The first-order valence-corrected chi connectivity index (χ1v) is 7.40. The van der Waals surface area contributed by atoms with Crippen LogP contribution in [-0.4, -0.2) is 28.2 Å². The maximum atomic E-state index is 12.1. The molecule has 1 rings (SSSR count). The van der Waals surface area contributed by atoms with Crippen LogP contribution < -0.4 is 10.4 Å². The van der Waals surface area contributed by atoms with Gasteiger partial charge in [0.1, 0.15) is 23.4 Å². The molecule has 0 unspecified atom stereocenters. The summed E-state index contributed by atoms with van der Waals surface area (Å²) in [6.07, 6.45) is -0.651. The van der Waals surface area contributed by atoms with Crippen molar-refractivity contribution in [3.05, 3.63) is 17.6 Å². The number of anilines is 1. The van der Waals surface area contributed by atoms with Gasteiger partial charge in [-0.15, -0.1) is 0 Å². The lowest BCUT2D eigenvalue weighted by molar-refractivity contribution is 0.0516. The number of hydrogen-bond donors (Lipinski definition) is 1. The van der Waals surface area contributed by atoms with E-state index in [0.29, 0.717) is 6.54 Å². The molecule has 0 bridgehead atoms. The van der Waals surface area contributed by atoms with Gasteiger partial charge in [-0.2, -0.15) is 15.5 Å². The number of ether oxygens (including phenoxy) is 1. The smallest absolute Gasteiger partial charge is 0.426 e. The first kappa shape index (κ1) is 19.2. The van der Waals surface area contributed by atoms with E-state index in [1.54, 1.807) is 20.8 Å². The molecule has 0 aliphatic carbocycles. The zero-order chi connectivity index (χ0) is 18.5. The van der Waals surface area contributed by atoms with Crippen molar-refractivity contribution < 1.29 is 9.53 Å². The number of carbonyl (C=O) groups is 1. The molecule has 1 N–H and O–H groups in total. The zero-order valence-electron chi connectivity index (χ0n) is 14.8. The van der Waals surface area contributed by atoms with Gasteiger partial charge in [0.2, 0.25) is 5.82 Å². The average Bonchev–Trinajstić information content (AvgIpc) is 2.42. The molecule has 0 radical (unpaired) electrons. The second kappa shape index (κ2) is 7.14. The fourth-order valence-corrected chi connectivity index (χ4v) is 1.74. The third-order valence-corrected chi connectivity index (χ3v) is 2.46. The van der Waals surface area contributed by atoms with Gasteiger partial charge in [0, 0.05) is 12.6 Å².